The molecule has 0 saturated heterocycles. The highest BCUT2D eigenvalue weighted by Gasteiger charge is 2.17. The van der Waals surface area contributed by atoms with Crippen molar-refractivity contribution >= 4 is 11.6 Å². The molecule has 6 nitrogen and oxygen atoms in total. The summed E-state index contributed by atoms with van der Waals surface area (Å²) in [6.07, 6.45) is 4.10. The van der Waals surface area contributed by atoms with Crippen molar-refractivity contribution in [2.24, 2.45) is 0 Å². The average Bonchev–Trinajstić information content (AvgIpc) is 3.17. The van der Waals surface area contributed by atoms with Crippen molar-refractivity contribution in [2.75, 3.05) is 5.32 Å². The fraction of sp³-hybridized carbons (Fsp3) is 0.316. The van der Waals surface area contributed by atoms with Gasteiger partial charge < -0.3 is 5.32 Å². The van der Waals surface area contributed by atoms with Crippen molar-refractivity contribution in [1.29, 1.82) is 0 Å². The van der Waals surface area contributed by atoms with Crippen LogP contribution in [-0.4, -0.2) is 25.9 Å². The lowest BCUT2D eigenvalue weighted by atomic mass is 9.95. The number of carbonyl (C=O) groups excluding carboxylic acids is 1. The highest BCUT2D eigenvalue weighted by molar-refractivity contribution is 5.91. The van der Waals surface area contributed by atoms with E-state index in [-0.39, 0.29) is 11.8 Å². The van der Waals surface area contributed by atoms with E-state index in [4.69, 9.17) is 0 Å². The number of aromatic nitrogens is 4. The molecule has 0 radical (unpaired) electrons. The minimum Gasteiger partial charge on any atom is -0.326 e. The summed E-state index contributed by atoms with van der Waals surface area (Å²) in [6.45, 7) is 6.69. The second-order valence-corrected chi connectivity index (χ2v) is 6.41. The quantitative estimate of drug-likeness (QED) is 0.724. The Bertz CT molecular complexity index is 831. The summed E-state index contributed by atoms with van der Waals surface area (Å²) in [4.78, 5) is 12.4. The highest BCUT2D eigenvalue weighted by Crippen LogP contribution is 2.25. The predicted octanol–water partition coefficient (Wildman–Crippen LogP) is 3.40. The van der Waals surface area contributed by atoms with Crippen LogP contribution in [-0.2, 0) is 11.3 Å². The van der Waals surface area contributed by atoms with E-state index in [1.54, 1.807) is 6.20 Å². The van der Waals surface area contributed by atoms with Crippen molar-refractivity contribution in [3.05, 3.63) is 65.2 Å². The molecule has 2 heterocycles. The van der Waals surface area contributed by atoms with Crippen LogP contribution in [0.3, 0.4) is 0 Å². The van der Waals surface area contributed by atoms with Gasteiger partial charge in [0.15, 0.2) is 0 Å². The summed E-state index contributed by atoms with van der Waals surface area (Å²) in [5.41, 5.74) is 5.01. The van der Waals surface area contributed by atoms with Gasteiger partial charge in [-0.05, 0) is 49.1 Å². The third-order valence-electron chi connectivity index (χ3n) is 4.28. The van der Waals surface area contributed by atoms with Gasteiger partial charge in [0.1, 0.15) is 0 Å². The van der Waals surface area contributed by atoms with Gasteiger partial charge in [0, 0.05) is 30.2 Å². The number of nitrogens with zero attached hydrogens (tertiary/aromatic N) is 3. The molecular weight excluding hydrogens is 314 g/mol. The van der Waals surface area contributed by atoms with Crippen LogP contribution in [0.4, 0.5) is 5.69 Å². The second kappa shape index (κ2) is 7.34. The number of benzene rings is 1. The van der Waals surface area contributed by atoms with Gasteiger partial charge in [-0.2, -0.15) is 10.2 Å². The van der Waals surface area contributed by atoms with Crippen LogP contribution in [0, 0.1) is 13.8 Å². The molecule has 3 aromatic rings. The average molecular weight is 337 g/mol. The monoisotopic (exact) mass is 337 g/mol. The number of H-pyrrole nitrogens is 1. The van der Waals surface area contributed by atoms with E-state index in [1.807, 2.05) is 55.1 Å². The van der Waals surface area contributed by atoms with Gasteiger partial charge in [0.05, 0.1) is 12.2 Å². The first-order valence-electron chi connectivity index (χ1n) is 8.40. The van der Waals surface area contributed by atoms with Crippen LogP contribution in [0.5, 0.6) is 0 Å². The summed E-state index contributed by atoms with van der Waals surface area (Å²) >= 11 is 0. The Kier molecular flexibility index (Phi) is 4.97. The fourth-order valence-corrected chi connectivity index (χ4v) is 3.21. The molecule has 0 spiro atoms. The maximum atomic E-state index is 12.4. The zero-order chi connectivity index (χ0) is 17.8. The van der Waals surface area contributed by atoms with E-state index < -0.39 is 0 Å². The summed E-state index contributed by atoms with van der Waals surface area (Å²) in [6, 6.07) is 9.76. The molecule has 1 amide bonds. The molecule has 2 N–H and O–H groups in total. The number of nitrogens with one attached hydrogen (secondary N) is 2. The summed E-state index contributed by atoms with van der Waals surface area (Å²) < 4.78 is 1.85. The van der Waals surface area contributed by atoms with Crippen molar-refractivity contribution in [3.8, 4) is 0 Å². The Hall–Kier alpha value is -2.89. The Balaban J connectivity index is 1.63. The number of carbonyl (C=O) groups is 1. The maximum absolute atomic E-state index is 12.4. The lowest BCUT2D eigenvalue weighted by Crippen LogP contribution is -2.15. The largest absolute Gasteiger partial charge is 0.326 e. The molecule has 2 aromatic heterocycles. The molecule has 0 bridgehead atoms. The van der Waals surface area contributed by atoms with Crippen LogP contribution in [0.2, 0.25) is 0 Å². The molecule has 0 aliphatic rings. The van der Waals surface area contributed by atoms with Gasteiger partial charge >= 0.3 is 0 Å². The van der Waals surface area contributed by atoms with Crippen molar-refractivity contribution in [3.63, 3.8) is 0 Å². The van der Waals surface area contributed by atoms with Crippen molar-refractivity contribution < 1.29 is 4.79 Å². The minimum atomic E-state index is 0.00346. The topological polar surface area (TPSA) is 75.6 Å². The molecule has 0 aliphatic carbocycles. The standard InChI is InChI=1S/C19H23N5O/c1-13(19-14(2)22-23-15(19)3)10-18(25)21-17-7-4-6-16(11-17)12-24-9-5-8-20-24/h4-9,11,13H,10,12H2,1-3H3,(H,21,25)(H,22,23)/t13-/m0/s1. The van der Waals surface area contributed by atoms with Crippen molar-refractivity contribution in [2.45, 2.75) is 39.7 Å². The lowest BCUT2D eigenvalue weighted by molar-refractivity contribution is -0.116. The number of amides is 1. The molecule has 1 atom stereocenters. The van der Waals surface area contributed by atoms with E-state index in [9.17, 15) is 4.79 Å². The first-order valence-corrected chi connectivity index (χ1v) is 8.40. The summed E-state index contributed by atoms with van der Waals surface area (Å²) in [5.74, 6) is 0.120. The van der Waals surface area contributed by atoms with Crippen LogP contribution >= 0.6 is 0 Å². The molecule has 25 heavy (non-hydrogen) atoms. The van der Waals surface area contributed by atoms with E-state index in [0.717, 1.165) is 28.2 Å². The molecular formula is C19H23N5O. The zero-order valence-electron chi connectivity index (χ0n) is 14.8. The number of hydrogen-bond donors (Lipinski definition) is 2. The molecule has 0 aliphatic heterocycles. The Labute approximate surface area is 147 Å². The SMILES string of the molecule is Cc1n[nH]c(C)c1[C@@H](C)CC(=O)Nc1cccc(Cn2cccn2)c1. The van der Waals surface area contributed by atoms with E-state index in [1.165, 1.54) is 0 Å². The van der Waals surface area contributed by atoms with Crippen LogP contribution in [0.25, 0.3) is 0 Å². The molecule has 0 fully saturated rings. The number of aromatic amines is 1. The minimum absolute atomic E-state index is 0.00346. The second-order valence-electron chi connectivity index (χ2n) is 6.41. The fourth-order valence-electron chi connectivity index (χ4n) is 3.21. The molecule has 3 rings (SSSR count). The normalized spacial score (nSPS) is 12.1. The Morgan fingerprint density at radius 3 is 2.84 bits per heavy atom. The van der Waals surface area contributed by atoms with E-state index >= 15 is 0 Å². The van der Waals surface area contributed by atoms with Crippen LogP contribution in [0.15, 0.2) is 42.7 Å². The molecule has 6 heteroatoms. The third kappa shape index (κ3) is 4.15. The highest BCUT2D eigenvalue weighted by atomic mass is 16.1. The lowest BCUT2D eigenvalue weighted by Gasteiger charge is -2.13. The van der Waals surface area contributed by atoms with Crippen molar-refractivity contribution in [1.82, 2.24) is 20.0 Å². The molecule has 1 aromatic carbocycles. The van der Waals surface area contributed by atoms with Crippen LogP contribution in [0.1, 0.15) is 41.8 Å². The number of aryl methyl sites for hydroxylation is 2. The maximum Gasteiger partial charge on any atom is 0.224 e. The van der Waals surface area contributed by atoms with Gasteiger partial charge in [-0.1, -0.05) is 19.1 Å². The number of hydrogen-bond acceptors (Lipinski definition) is 3. The van der Waals surface area contributed by atoms with Gasteiger partial charge in [-0.25, -0.2) is 0 Å². The zero-order valence-corrected chi connectivity index (χ0v) is 14.8. The molecule has 0 saturated carbocycles. The van der Waals surface area contributed by atoms with Gasteiger partial charge in [0.25, 0.3) is 0 Å². The molecule has 130 valence electrons. The van der Waals surface area contributed by atoms with Gasteiger partial charge in [-0.15, -0.1) is 0 Å². The number of rotatable bonds is 6. The summed E-state index contributed by atoms with van der Waals surface area (Å²) in [5, 5.41) is 14.4. The van der Waals surface area contributed by atoms with E-state index in [2.05, 4.69) is 27.5 Å². The Morgan fingerprint density at radius 2 is 2.16 bits per heavy atom. The first kappa shape index (κ1) is 17.0. The predicted molar refractivity (Wildman–Crippen MR) is 97.5 cm³/mol. The van der Waals surface area contributed by atoms with Gasteiger partial charge in [0.2, 0.25) is 5.91 Å². The molecule has 0 unspecified atom stereocenters. The Morgan fingerprint density at radius 1 is 1.32 bits per heavy atom. The number of anilines is 1. The smallest absolute Gasteiger partial charge is 0.224 e. The third-order valence-corrected chi connectivity index (χ3v) is 4.28. The van der Waals surface area contributed by atoms with Gasteiger partial charge in [-0.3, -0.25) is 14.6 Å². The first-order chi connectivity index (χ1) is 12.0. The van der Waals surface area contributed by atoms with Crippen LogP contribution < -0.4 is 5.32 Å². The summed E-state index contributed by atoms with van der Waals surface area (Å²) in [7, 11) is 0. The van der Waals surface area contributed by atoms with E-state index in [0.29, 0.717) is 13.0 Å².